The molecule has 0 atom stereocenters. The Morgan fingerprint density at radius 1 is 1.12 bits per heavy atom. The minimum atomic E-state index is -0.308. The van der Waals surface area contributed by atoms with E-state index in [9.17, 15) is 9.59 Å². The molecule has 0 aromatic carbocycles. The van der Waals surface area contributed by atoms with Gasteiger partial charge in [0.2, 0.25) is 0 Å². The number of nitrogens with zero attached hydrogens (tertiary/aromatic N) is 5. The van der Waals surface area contributed by atoms with E-state index >= 15 is 0 Å². The van der Waals surface area contributed by atoms with Gasteiger partial charge in [-0.15, -0.1) is 0 Å². The molecule has 8 nitrogen and oxygen atoms in total. The number of aryl methyl sites for hydroxylation is 1. The molecule has 2 aromatic heterocycles. The van der Waals surface area contributed by atoms with Crippen LogP contribution in [0.15, 0.2) is 29.6 Å². The van der Waals surface area contributed by atoms with Gasteiger partial charge in [0, 0.05) is 43.0 Å². The van der Waals surface area contributed by atoms with Crippen molar-refractivity contribution in [3.8, 4) is 0 Å². The van der Waals surface area contributed by atoms with Crippen LogP contribution in [0.4, 0.5) is 5.82 Å². The number of hydrogen-bond donors (Lipinski definition) is 1. The molecule has 8 heteroatoms. The maximum atomic E-state index is 12.6. The monoisotopic (exact) mass is 354 g/mol. The third-order valence-electron chi connectivity index (χ3n) is 5.04. The summed E-state index contributed by atoms with van der Waals surface area (Å²) >= 11 is 0. The zero-order chi connectivity index (χ0) is 18.1. The van der Waals surface area contributed by atoms with Gasteiger partial charge in [-0.1, -0.05) is 0 Å². The van der Waals surface area contributed by atoms with Gasteiger partial charge in [-0.2, -0.15) is 0 Å². The van der Waals surface area contributed by atoms with Gasteiger partial charge in [-0.3, -0.25) is 9.59 Å². The van der Waals surface area contributed by atoms with Crippen LogP contribution in [-0.2, 0) is 0 Å². The Labute approximate surface area is 151 Å². The number of aromatic nitrogens is 4. The van der Waals surface area contributed by atoms with Gasteiger partial charge in [0.05, 0.1) is 6.33 Å². The Balaban J connectivity index is 1.45. The number of H-pyrrole nitrogens is 1. The largest absolute Gasteiger partial charge is 0.350 e. The summed E-state index contributed by atoms with van der Waals surface area (Å²) in [5.74, 6) is 0.812. The summed E-state index contributed by atoms with van der Waals surface area (Å²) in [6.07, 6.45) is 7.05. The van der Waals surface area contributed by atoms with E-state index < -0.39 is 0 Å². The predicted molar refractivity (Wildman–Crippen MR) is 96.1 cm³/mol. The van der Waals surface area contributed by atoms with Crippen molar-refractivity contribution in [2.24, 2.45) is 0 Å². The molecule has 1 amide bonds. The normalized spacial score (nSPS) is 18.0. The first-order valence-electron chi connectivity index (χ1n) is 9.03. The third-order valence-corrected chi connectivity index (χ3v) is 5.04. The SMILES string of the molecule is Cc1cc(N(C2CC2)C2CCN(C(=O)c3cc(=O)[nH]cn3)CC2)ncn1. The number of carbonyl (C=O) groups excluding carboxylic acids is 1. The van der Waals surface area contributed by atoms with Crippen molar-refractivity contribution in [3.05, 3.63) is 46.5 Å². The lowest BCUT2D eigenvalue weighted by Gasteiger charge is -2.39. The van der Waals surface area contributed by atoms with E-state index in [0.29, 0.717) is 25.2 Å². The average Bonchev–Trinajstić information content (AvgIpc) is 3.47. The summed E-state index contributed by atoms with van der Waals surface area (Å²) in [5.41, 5.74) is 0.864. The summed E-state index contributed by atoms with van der Waals surface area (Å²) in [4.78, 5) is 43.3. The van der Waals surface area contributed by atoms with E-state index in [1.165, 1.54) is 25.2 Å². The Bertz CT molecular complexity index is 855. The molecule has 2 aliphatic rings. The summed E-state index contributed by atoms with van der Waals surface area (Å²) < 4.78 is 0. The zero-order valence-corrected chi connectivity index (χ0v) is 14.8. The van der Waals surface area contributed by atoms with Crippen molar-refractivity contribution in [1.82, 2.24) is 24.8 Å². The molecule has 2 fully saturated rings. The van der Waals surface area contributed by atoms with Crippen molar-refractivity contribution in [3.63, 3.8) is 0 Å². The summed E-state index contributed by atoms with van der Waals surface area (Å²) in [6.45, 7) is 3.29. The van der Waals surface area contributed by atoms with Crippen LogP contribution in [0.25, 0.3) is 0 Å². The van der Waals surface area contributed by atoms with Gasteiger partial charge in [0.25, 0.3) is 11.5 Å². The smallest absolute Gasteiger partial charge is 0.272 e. The van der Waals surface area contributed by atoms with Crippen LogP contribution < -0.4 is 10.5 Å². The molecule has 136 valence electrons. The lowest BCUT2D eigenvalue weighted by atomic mass is 10.0. The van der Waals surface area contributed by atoms with Gasteiger partial charge < -0.3 is 14.8 Å². The van der Waals surface area contributed by atoms with Gasteiger partial charge in [0.1, 0.15) is 17.8 Å². The Morgan fingerprint density at radius 2 is 1.85 bits per heavy atom. The molecule has 4 rings (SSSR count). The van der Waals surface area contributed by atoms with Gasteiger partial charge in [0.15, 0.2) is 0 Å². The molecule has 1 saturated carbocycles. The van der Waals surface area contributed by atoms with Crippen molar-refractivity contribution in [2.75, 3.05) is 18.0 Å². The Morgan fingerprint density at radius 3 is 2.50 bits per heavy atom. The average molecular weight is 354 g/mol. The van der Waals surface area contributed by atoms with E-state index in [-0.39, 0.29) is 17.2 Å². The summed E-state index contributed by atoms with van der Waals surface area (Å²) in [7, 11) is 0. The van der Waals surface area contributed by atoms with Crippen LogP contribution in [0.1, 0.15) is 41.9 Å². The highest BCUT2D eigenvalue weighted by Gasteiger charge is 2.37. The maximum absolute atomic E-state index is 12.6. The van der Waals surface area contributed by atoms with Gasteiger partial charge in [-0.25, -0.2) is 15.0 Å². The van der Waals surface area contributed by atoms with E-state index in [0.717, 1.165) is 24.4 Å². The minimum Gasteiger partial charge on any atom is -0.350 e. The third kappa shape index (κ3) is 3.44. The van der Waals surface area contributed by atoms with Crippen molar-refractivity contribution < 1.29 is 4.79 Å². The molecule has 0 unspecified atom stereocenters. The minimum absolute atomic E-state index is 0.176. The molecule has 0 radical (unpaired) electrons. The highest BCUT2D eigenvalue weighted by Crippen LogP contribution is 2.35. The van der Waals surface area contributed by atoms with Crippen LogP contribution in [0.3, 0.4) is 0 Å². The lowest BCUT2D eigenvalue weighted by Crippen LogP contribution is -2.48. The Kier molecular flexibility index (Phi) is 4.40. The molecule has 1 aliphatic carbocycles. The van der Waals surface area contributed by atoms with E-state index in [2.05, 4.69) is 24.8 Å². The number of piperidine rings is 1. The fourth-order valence-electron chi connectivity index (χ4n) is 3.60. The standard InChI is InChI=1S/C18H22N6O2/c1-12-8-16(21-10-19-12)24(13-2-3-13)14-4-6-23(7-5-14)18(26)15-9-17(25)22-11-20-15/h8-11,13-14H,2-7H2,1H3,(H,20,22,25). The van der Waals surface area contributed by atoms with Crippen LogP contribution in [0, 0.1) is 6.92 Å². The van der Waals surface area contributed by atoms with Crippen molar-refractivity contribution in [2.45, 2.75) is 44.7 Å². The fourth-order valence-corrected chi connectivity index (χ4v) is 3.60. The number of likely N-dealkylation sites (tertiary alicyclic amines) is 1. The number of rotatable bonds is 4. The fraction of sp³-hybridized carbons (Fsp3) is 0.500. The lowest BCUT2D eigenvalue weighted by molar-refractivity contribution is 0.0705. The second-order valence-corrected chi connectivity index (χ2v) is 6.98. The van der Waals surface area contributed by atoms with Crippen LogP contribution in [0.2, 0.25) is 0 Å². The molecule has 1 N–H and O–H groups in total. The molecule has 1 saturated heterocycles. The van der Waals surface area contributed by atoms with Crippen LogP contribution >= 0.6 is 0 Å². The first kappa shape index (κ1) is 16.7. The number of anilines is 1. The first-order chi connectivity index (χ1) is 12.6. The molecular weight excluding hydrogens is 332 g/mol. The highest BCUT2D eigenvalue weighted by atomic mass is 16.2. The number of aromatic amines is 1. The molecular formula is C18H22N6O2. The molecule has 26 heavy (non-hydrogen) atoms. The van der Waals surface area contributed by atoms with Crippen LogP contribution in [-0.4, -0.2) is 55.9 Å². The number of amides is 1. The molecule has 0 bridgehead atoms. The molecule has 0 spiro atoms. The first-order valence-corrected chi connectivity index (χ1v) is 9.03. The molecule has 3 heterocycles. The highest BCUT2D eigenvalue weighted by molar-refractivity contribution is 5.92. The van der Waals surface area contributed by atoms with Crippen LogP contribution in [0.5, 0.6) is 0 Å². The summed E-state index contributed by atoms with van der Waals surface area (Å²) in [6, 6.07) is 4.21. The predicted octanol–water partition coefficient (Wildman–Crippen LogP) is 1.14. The second-order valence-electron chi connectivity index (χ2n) is 6.98. The van der Waals surface area contributed by atoms with E-state index in [1.54, 1.807) is 11.2 Å². The quantitative estimate of drug-likeness (QED) is 0.885. The second kappa shape index (κ2) is 6.86. The Hall–Kier alpha value is -2.77. The topological polar surface area (TPSA) is 95.1 Å². The van der Waals surface area contributed by atoms with Gasteiger partial charge >= 0.3 is 0 Å². The van der Waals surface area contributed by atoms with E-state index in [4.69, 9.17) is 0 Å². The number of hydrogen-bond acceptors (Lipinski definition) is 6. The molecule has 2 aromatic rings. The molecule has 1 aliphatic heterocycles. The van der Waals surface area contributed by atoms with E-state index in [1.807, 2.05) is 13.0 Å². The summed E-state index contributed by atoms with van der Waals surface area (Å²) in [5, 5.41) is 0. The number of carbonyl (C=O) groups is 1. The number of nitrogens with one attached hydrogen (secondary N) is 1. The zero-order valence-electron chi connectivity index (χ0n) is 14.8. The van der Waals surface area contributed by atoms with Crippen molar-refractivity contribution in [1.29, 1.82) is 0 Å². The van der Waals surface area contributed by atoms with Gasteiger partial charge in [-0.05, 0) is 32.6 Å². The van der Waals surface area contributed by atoms with Crippen molar-refractivity contribution >= 4 is 11.7 Å². The maximum Gasteiger partial charge on any atom is 0.272 e.